The number of aromatic carboxylic acids is 1. The number of benzene rings is 2. The molecule has 27 heavy (non-hydrogen) atoms. The van der Waals surface area contributed by atoms with E-state index in [-0.39, 0.29) is 23.7 Å². The standard InChI is InChI=1S/C21H25NO5/c1-13(2)26-12-15-5-7-16(8-6-15)20(23)22-18-11-17(21(24)25)9-10-19(18)27-14(3)4/h5-11,13-14H,12H2,1-4H3,(H,22,23)(H,24,25). The summed E-state index contributed by atoms with van der Waals surface area (Å²) >= 11 is 0. The van der Waals surface area contributed by atoms with Gasteiger partial charge in [0.05, 0.1) is 30.1 Å². The molecule has 6 nitrogen and oxygen atoms in total. The number of carboxylic acids is 1. The molecule has 0 saturated heterocycles. The van der Waals surface area contributed by atoms with Crippen molar-refractivity contribution >= 4 is 17.6 Å². The summed E-state index contributed by atoms with van der Waals surface area (Å²) < 4.78 is 11.2. The second kappa shape index (κ2) is 9.19. The van der Waals surface area contributed by atoms with Crippen LogP contribution in [0.3, 0.4) is 0 Å². The normalized spacial score (nSPS) is 10.9. The Kier molecular flexibility index (Phi) is 6.96. The van der Waals surface area contributed by atoms with E-state index in [0.29, 0.717) is 23.6 Å². The van der Waals surface area contributed by atoms with Gasteiger partial charge in [-0.1, -0.05) is 12.1 Å². The van der Waals surface area contributed by atoms with Gasteiger partial charge in [0.15, 0.2) is 0 Å². The first-order valence-electron chi connectivity index (χ1n) is 8.82. The van der Waals surface area contributed by atoms with E-state index in [1.165, 1.54) is 12.1 Å². The average molecular weight is 371 g/mol. The van der Waals surface area contributed by atoms with Gasteiger partial charge in [0, 0.05) is 5.56 Å². The Morgan fingerprint density at radius 3 is 2.15 bits per heavy atom. The number of carbonyl (C=O) groups excluding carboxylic acids is 1. The average Bonchev–Trinajstić information content (AvgIpc) is 2.61. The van der Waals surface area contributed by atoms with Crippen molar-refractivity contribution in [3.63, 3.8) is 0 Å². The Balaban J connectivity index is 2.18. The highest BCUT2D eigenvalue weighted by Gasteiger charge is 2.14. The first kappa shape index (κ1) is 20.5. The van der Waals surface area contributed by atoms with Crippen LogP contribution in [-0.2, 0) is 11.3 Å². The Morgan fingerprint density at radius 1 is 0.963 bits per heavy atom. The van der Waals surface area contributed by atoms with Crippen molar-refractivity contribution in [2.24, 2.45) is 0 Å². The fraction of sp³-hybridized carbons (Fsp3) is 0.333. The molecule has 0 fully saturated rings. The summed E-state index contributed by atoms with van der Waals surface area (Å²) in [7, 11) is 0. The van der Waals surface area contributed by atoms with Gasteiger partial charge in [0.1, 0.15) is 5.75 Å². The van der Waals surface area contributed by atoms with Crippen LogP contribution in [0, 0.1) is 0 Å². The zero-order valence-electron chi connectivity index (χ0n) is 16.0. The van der Waals surface area contributed by atoms with Crippen molar-refractivity contribution in [1.29, 1.82) is 0 Å². The third-order valence-corrected chi connectivity index (χ3v) is 3.64. The van der Waals surface area contributed by atoms with E-state index >= 15 is 0 Å². The molecule has 1 amide bonds. The molecule has 2 aromatic rings. The molecular formula is C21H25NO5. The van der Waals surface area contributed by atoms with Gasteiger partial charge in [0.25, 0.3) is 5.91 Å². The number of rotatable bonds is 8. The van der Waals surface area contributed by atoms with Crippen LogP contribution in [0.25, 0.3) is 0 Å². The molecule has 0 aromatic heterocycles. The topological polar surface area (TPSA) is 84.9 Å². The van der Waals surface area contributed by atoms with Crippen LogP contribution in [0.15, 0.2) is 42.5 Å². The summed E-state index contributed by atoms with van der Waals surface area (Å²) in [5, 5.41) is 11.9. The Labute approximate surface area is 159 Å². The van der Waals surface area contributed by atoms with E-state index < -0.39 is 5.97 Å². The predicted octanol–water partition coefficient (Wildman–Crippen LogP) is 4.35. The van der Waals surface area contributed by atoms with Crippen molar-refractivity contribution in [2.75, 3.05) is 5.32 Å². The van der Waals surface area contributed by atoms with E-state index in [4.69, 9.17) is 9.47 Å². The van der Waals surface area contributed by atoms with Crippen LogP contribution < -0.4 is 10.1 Å². The summed E-state index contributed by atoms with van der Waals surface area (Å²) in [6, 6.07) is 11.5. The van der Waals surface area contributed by atoms with Crippen molar-refractivity contribution in [3.8, 4) is 5.75 Å². The molecular weight excluding hydrogens is 346 g/mol. The highest BCUT2D eigenvalue weighted by Crippen LogP contribution is 2.27. The maximum absolute atomic E-state index is 12.6. The maximum Gasteiger partial charge on any atom is 0.335 e. The minimum absolute atomic E-state index is 0.0718. The van der Waals surface area contributed by atoms with Gasteiger partial charge in [-0.05, 0) is 63.6 Å². The van der Waals surface area contributed by atoms with Crippen LogP contribution in [0.2, 0.25) is 0 Å². The third-order valence-electron chi connectivity index (χ3n) is 3.64. The molecule has 2 N–H and O–H groups in total. The predicted molar refractivity (Wildman–Crippen MR) is 103 cm³/mol. The zero-order chi connectivity index (χ0) is 20.0. The molecule has 6 heteroatoms. The first-order chi connectivity index (χ1) is 12.8. The monoisotopic (exact) mass is 371 g/mol. The smallest absolute Gasteiger partial charge is 0.335 e. The molecule has 0 heterocycles. The number of carboxylic acid groups (broad SMARTS) is 1. The lowest BCUT2D eigenvalue weighted by Crippen LogP contribution is -2.15. The molecule has 0 saturated carbocycles. The van der Waals surface area contributed by atoms with Crippen molar-refractivity contribution in [2.45, 2.75) is 46.5 Å². The van der Waals surface area contributed by atoms with Gasteiger partial charge in [-0.25, -0.2) is 4.79 Å². The SMILES string of the molecule is CC(C)OCc1ccc(C(=O)Nc2cc(C(=O)O)ccc2OC(C)C)cc1. The molecule has 0 aliphatic carbocycles. The summed E-state index contributed by atoms with van der Waals surface area (Å²) in [6.07, 6.45) is 0.0189. The van der Waals surface area contributed by atoms with E-state index in [9.17, 15) is 14.7 Å². The lowest BCUT2D eigenvalue weighted by Gasteiger charge is -2.16. The molecule has 2 aromatic carbocycles. The lowest BCUT2D eigenvalue weighted by molar-refractivity contribution is 0.0656. The van der Waals surface area contributed by atoms with Crippen molar-refractivity contribution < 1.29 is 24.2 Å². The molecule has 0 radical (unpaired) electrons. The van der Waals surface area contributed by atoms with Gasteiger partial charge in [-0.15, -0.1) is 0 Å². The van der Waals surface area contributed by atoms with Crippen LogP contribution in [0.4, 0.5) is 5.69 Å². The summed E-state index contributed by atoms with van der Waals surface area (Å²) in [5.41, 5.74) is 1.82. The quantitative estimate of drug-likeness (QED) is 0.721. The summed E-state index contributed by atoms with van der Waals surface area (Å²) in [5.74, 6) is -0.996. The van der Waals surface area contributed by atoms with E-state index in [1.54, 1.807) is 18.2 Å². The zero-order valence-corrected chi connectivity index (χ0v) is 16.0. The minimum atomic E-state index is -1.07. The number of nitrogens with one attached hydrogen (secondary N) is 1. The fourth-order valence-corrected chi connectivity index (χ4v) is 2.33. The maximum atomic E-state index is 12.6. The highest BCUT2D eigenvalue weighted by atomic mass is 16.5. The molecule has 0 atom stereocenters. The number of hydrogen-bond donors (Lipinski definition) is 2. The van der Waals surface area contributed by atoms with E-state index in [1.807, 2.05) is 39.8 Å². The largest absolute Gasteiger partial charge is 0.489 e. The Bertz CT molecular complexity index is 797. The van der Waals surface area contributed by atoms with E-state index in [0.717, 1.165) is 5.56 Å². The molecule has 0 spiro atoms. The number of hydrogen-bond acceptors (Lipinski definition) is 4. The summed E-state index contributed by atoms with van der Waals surface area (Å²) in [6.45, 7) is 8.11. The molecule has 0 aliphatic heterocycles. The van der Waals surface area contributed by atoms with Crippen LogP contribution in [-0.4, -0.2) is 29.2 Å². The summed E-state index contributed by atoms with van der Waals surface area (Å²) in [4.78, 5) is 23.8. The number of carbonyl (C=O) groups is 2. The molecule has 0 unspecified atom stereocenters. The van der Waals surface area contributed by atoms with Crippen LogP contribution in [0.1, 0.15) is 54.0 Å². The van der Waals surface area contributed by atoms with Gasteiger partial charge < -0.3 is 19.9 Å². The Morgan fingerprint density at radius 2 is 1.59 bits per heavy atom. The minimum Gasteiger partial charge on any atom is -0.489 e. The fourth-order valence-electron chi connectivity index (χ4n) is 2.33. The lowest BCUT2D eigenvalue weighted by atomic mass is 10.1. The number of amides is 1. The molecule has 0 aliphatic rings. The number of ether oxygens (including phenoxy) is 2. The molecule has 0 bridgehead atoms. The number of anilines is 1. The van der Waals surface area contributed by atoms with Crippen molar-refractivity contribution in [1.82, 2.24) is 0 Å². The van der Waals surface area contributed by atoms with Gasteiger partial charge in [0.2, 0.25) is 0 Å². The van der Waals surface area contributed by atoms with Crippen LogP contribution >= 0.6 is 0 Å². The highest BCUT2D eigenvalue weighted by molar-refractivity contribution is 6.05. The molecule has 2 rings (SSSR count). The van der Waals surface area contributed by atoms with E-state index in [2.05, 4.69) is 5.32 Å². The van der Waals surface area contributed by atoms with Crippen LogP contribution in [0.5, 0.6) is 5.75 Å². The van der Waals surface area contributed by atoms with Gasteiger partial charge >= 0.3 is 5.97 Å². The Hall–Kier alpha value is -2.86. The second-order valence-electron chi connectivity index (χ2n) is 6.69. The van der Waals surface area contributed by atoms with Gasteiger partial charge in [-0.2, -0.15) is 0 Å². The first-order valence-corrected chi connectivity index (χ1v) is 8.82. The van der Waals surface area contributed by atoms with Crippen molar-refractivity contribution in [3.05, 3.63) is 59.2 Å². The molecule has 144 valence electrons. The van der Waals surface area contributed by atoms with Gasteiger partial charge in [-0.3, -0.25) is 4.79 Å². The second-order valence-corrected chi connectivity index (χ2v) is 6.69. The third kappa shape index (κ3) is 6.11.